The van der Waals surface area contributed by atoms with Crippen LogP contribution >= 0.6 is 11.6 Å². The maximum absolute atomic E-state index is 12.9. The van der Waals surface area contributed by atoms with Crippen molar-refractivity contribution in [1.29, 1.82) is 0 Å². The predicted octanol–water partition coefficient (Wildman–Crippen LogP) is 4.38. The molecule has 1 aliphatic carbocycles. The minimum Gasteiger partial charge on any atom is -0.356 e. The van der Waals surface area contributed by atoms with Gasteiger partial charge in [-0.05, 0) is 43.2 Å². The lowest BCUT2D eigenvalue weighted by Crippen LogP contribution is -2.46. The monoisotopic (exact) mass is 390 g/mol. The van der Waals surface area contributed by atoms with Crippen molar-refractivity contribution >= 4 is 23.4 Å². The molecule has 1 saturated carbocycles. The van der Waals surface area contributed by atoms with Gasteiger partial charge in [0.1, 0.15) is 0 Å². The molecule has 4 nitrogen and oxygen atoms in total. The second-order valence-electron chi connectivity index (χ2n) is 7.95. The summed E-state index contributed by atoms with van der Waals surface area (Å²) in [5.74, 6) is 0.508. The normalized spacial score (nSPS) is 24.5. The van der Waals surface area contributed by atoms with E-state index in [1.807, 2.05) is 29.2 Å². The van der Waals surface area contributed by atoms with E-state index in [1.165, 1.54) is 12.8 Å². The Morgan fingerprint density at radius 1 is 1.22 bits per heavy atom. The molecular formula is C22H31ClN2O2. The number of nitrogens with zero attached hydrogens (tertiary/aromatic N) is 1. The highest BCUT2D eigenvalue weighted by molar-refractivity contribution is 6.31. The van der Waals surface area contributed by atoms with E-state index in [9.17, 15) is 9.59 Å². The maximum Gasteiger partial charge on any atom is 0.226 e. The first-order valence-electron chi connectivity index (χ1n) is 10.4. The van der Waals surface area contributed by atoms with Gasteiger partial charge < -0.3 is 10.2 Å². The van der Waals surface area contributed by atoms with Gasteiger partial charge in [-0.1, -0.05) is 56.0 Å². The van der Waals surface area contributed by atoms with Gasteiger partial charge in [0.05, 0.1) is 5.92 Å². The van der Waals surface area contributed by atoms with Crippen LogP contribution < -0.4 is 5.32 Å². The van der Waals surface area contributed by atoms with E-state index in [0.717, 1.165) is 55.8 Å². The highest BCUT2D eigenvalue weighted by Gasteiger charge is 2.47. The molecule has 0 bridgehead atoms. The number of piperidine rings is 1. The Kier molecular flexibility index (Phi) is 7.17. The molecule has 2 fully saturated rings. The predicted molar refractivity (Wildman–Crippen MR) is 109 cm³/mol. The SMILES string of the molecule is CCCCCCNC(=O)C1CCCN(C(=O)C2CC2c2ccccc2Cl)C1. The zero-order valence-electron chi connectivity index (χ0n) is 16.3. The number of amides is 2. The van der Waals surface area contributed by atoms with Crippen LogP contribution in [0.25, 0.3) is 0 Å². The Hall–Kier alpha value is -1.55. The van der Waals surface area contributed by atoms with Gasteiger partial charge in [-0.3, -0.25) is 9.59 Å². The molecule has 1 saturated heterocycles. The van der Waals surface area contributed by atoms with Crippen molar-refractivity contribution in [2.24, 2.45) is 11.8 Å². The van der Waals surface area contributed by atoms with E-state index in [0.29, 0.717) is 6.54 Å². The number of halogens is 1. The third-order valence-electron chi connectivity index (χ3n) is 5.85. The lowest BCUT2D eigenvalue weighted by molar-refractivity contribution is -0.136. The summed E-state index contributed by atoms with van der Waals surface area (Å²) in [5.41, 5.74) is 1.08. The summed E-state index contributed by atoms with van der Waals surface area (Å²) in [4.78, 5) is 27.3. The average Bonchev–Trinajstić information content (AvgIpc) is 3.48. The molecule has 0 radical (unpaired) electrons. The smallest absolute Gasteiger partial charge is 0.226 e. The molecule has 1 aromatic rings. The van der Waals surface area contributed by atoms with Gasteiger partial charge in [-0.15, -0.1) is 0 Å². The van der Waals surface area contributed by atoms with Crippen LogP contribution in [-0.2, 0) is 9.59 Å². The number of carbonyl (C=O) groups excluding carboxylic acids is 2. The molecule has 148 valence electrons. The standard InChI is InChI=1S/C22H31ClN2O2/c1-2-3-4-7-12-24-21(26)16-9-8-13-25(15-16)22(27)19-14-18(19)17-10-5-6-11-20(17)23/h5-6,10-11,16,18-19H,2-4,7-9,12-15H2,1H3,(H,24,26). The Balaban J connectivity index is 1.47. The molecule has 3 unspecified atom stereocenters. The van der Waals surface area contributed by atoms with Crippen LogP contribution in [0.1, 0.15) is 63.4 Å². The maximum atomic E-state index is 12.9. The third-order valence-corrected chi connectivity index (χ3v) is 6.19. The Bertz CT molecular complexity index is 663. The Morgan fingerprint density at radius 3 is 2.81 bits per heavy atom. The van der Waals surface area contributed by atoms with E-state index < -0.39 is 0 Å². The lowest BCUT2D eigenvalue weighted by Gasteiger charge is -2.32. The fourth-order valence-corrected chi connectivity index (χ4v) is 4.40. The molecule has 1 aromatic carbocycles. The number of likely N-dealkylation sites (tertiary alicyclic amines) is 1. The van der Waals surface area contributed by atoms with E-state index in [-0.39, 0.29) is 29.6 Å². The van der Waals surface area contributed by atoms with E-state index in [4.69, 9.17) is 11.6 Å². The number of nitrogens with one attached hydrogen (secondary N) is 1. The van der Waals surface area contributed by atoms with E-state index in [1.54, 1.807) is 0 Å². The number of hydrogen-bond acceptors (Lipinski definition) is 2. The zero-order valence-corrected chi connectivity index (χ0v) is 17.0. The van der Waals surface area contributed by atoms with E-state index in [2.05, 4.69) is 12.2 Å². The van der Waals surface area contributed by atoms with Gasteiger partial charge in [0.25, 0.3) is 0 Å². The Labute approximate surface area is 167 Å². The van der Waals surface area contributed by atoms with Crippen LogP contribution in [0.5, 0.6) is 0 Å². The molecule has 0 aromatic heterocycles. The highest BCUT2D eigenvalue weighted by Crippen LogP contribution is 2.50. The minimum atomic E-state index is -0.0635. The van der Waals surface area contributed by atoms with Gasteiger partial charge in [0.15, 0.2) is 0 Å². The third kappa shape index (κ3) is 5.25. The van der Waals surface area contributed by atoms with Crippen molar-refractivity contribution in [2.75, 3.05) is 19.6 Å². The van der Waals surface area contributed by atoms with Crippen LogP contribution in [-0.4, -0.2) is 36.3 Å². The van der Waals surface area contributed by atoms with Crippen molar-refractivity contribution < 1.29 is 9.59 Å². The van der Waals surface area contributed by atoms with Crippen LogP contribution in [0.2, 0.25) is 5.02 Å². The van der Waals surface area contributed by atoms with Gasteiger partial charge in [0.2, 0.25) is 11.8 Å². The second kappa shape index (κ2) is 9.59. The molecule has 27 heavy (non-hydrogen) atoms. The first-order chi connectivity index (χ1) is 13.1. The largest absolute Gasteiger partial charge is 0.356 e. The van der Waals surface area contributed by atoms with Crippen molar-refractivity contribution in [3.05, 3.63) is 34.9 Å². The summed E-state index contributed by atoms with van der Waals surface area (Å²) in [6.45, 7) is 4.26. The van der Waals surface area contributed by atoms with Crippen LogP contribution in [0.3, 0.4) is 0 Å². The second-order valence-corrected chi connectivity index (χ2v) is 8.35. The summed E-state index contributed by atoms with van der Waals surface area (Å²) in [7, 11) is 0. The van der Waals surface area contributed by atoms with Gasteiger partial charge in [0, 0.05) is 30.6 Å². The molecule has 1 heterocycles. The molecule has 0 spiro atoms. The molecule has 1 N–H and O–H groups in total. The molecule has 2 aliphatic rings. The van der Waals surface area contributed by atoms with Crippen molar-refractivity contribution in [2.45, 2.75) is 57.8 Å². The number of unbranched alkanes of at least 4 members (excludes halogenated alkanes) is 3. The summed E-state index contributed by atoms with van der Waals surface area (Å²) in [6.07, 6.45) is 7.27. The van der Waals surface area contributed by atoms with Crippen LogP contribution in [0, 0.1) is 11.8 Å². The number of rotatable bonds is 8. The first kappa shape index (κ1) is 20.2. The van der Waals surface area contributed by atoms with Gasteiger partial charge in [-0.25, -0.2) is 0 Å². The highest BCUT2D eigenvalue weighted by atomic mass is 35.5. The van der Waals surface area contributed by atoms with Gasteiger partial charge in [-0.2, -0.15) is 0 Å². The Morgan fingerprint density at radius 2 is 2.04 bits per heavy atom. The van der Waals surface area contributed by atoms with Crippen molar-refractivity contribution in [1.82, 2.24) is 10.2 Å². The first-order valence-corrected chi connectivity index (χ1v) is 10.8. The van der Waals surface area contributed by atoms with Crippen molar-refractivity contribution in [3.8, 4) is 0 Å². The minimum absolute atomic E-state index is 0.0285. The summed E-state index contributed by atoms with van der Waals surface area (Å²) in [6, 6.07) is 7.80. The quantitative estimate of drug-likeness (QED) is 0.669. The summed E-state index contributed by atoms with van der Waals surface area (Å²) < 4.78 is 0. The lowest BCUT2D eigenvalue weighted by atomic mass is 9.96. The molecular weight excluding hydrogens is 360 g/mol. The molecule has 3 atom stereocenters. The molecule has 1 aliphatic heterocycles. The molecule has 3 rings (SSSR count). The van der Waals surface area contributed by atoms with Crippen LogP contribution in [0.15, 0.2) is 24.3 Å². The molecule has 5 heteroatoms. The topological polar surface area (TPSA) is 49.4 Å². The summed E-state index contributed by atoms with van der Waals surface area (Å²) >= 11 is 6.28. The summed E-state index contributed by atoms with van der Waals surface area (Å²) in [5, 5.41) is 3.81. The number of hydrogen-bond donors (Lipinski definition) is 1. The fourth-order valence-electron chi connectivity index (χ4n) is 4.12. The number of carbonyl (C=O) groups is 2. The average molecular weight is 391 g/mol. The van der Waals surface area contributed by atoms with Gasteiger partial charge >= 0.3 is 0 Å². The van der Waals surface area contributed by atoms with E-state index >= 15 is 0 Å². The molecule has 2 amide bonds. The van der Waals surface area contributed by atoms with Crippen molar-refractivity contribution in [3.63, 3.8) is 0 Å². The fraction of sp³-hybridized carbons (Fsp3) is 0.636. The van der Waals surface area contributed by atoms with Crippen LogP contribution in [0.4, 0.5) is 0 Å². The number of benzene rings is 1. The zero-order chi connectivity index (χ0) is 19.2.